The van der Waals surface area contributed by atoms with Gasteiger partial charge in [0.1, 0.15) is 11.6 Å². The van der Waals surface area contributed by atoms with Gasteiger partial charge in [-0.1, -0.05) is 6.07 Å². The van der Waals surface area contributed by atoms with Crippen LogP contribution in [-0.4, -0.2) is 16.9 Å². The maximum Gasteiger partial charge on any atom is 0.131 e. The summed E-state index contributed by atoms with van der Waals surface area (Å²) in [5, 5.41) is 4.02. The van der Waals surface area contributed by atoms with Crippen LogP contribution < -0.4 is 4.74 Å². The molecule has 0 fully saturated rings. The number of methoxy groups -OCH3 is 1. The van der Waals surface area contributed by atoms with Crippen molar-refractivity contribution in [1.82, 2.24) is 9.78 Å². The van der Waals surface area contributed by atoms with Gasteiger partial charge in [-0.25, -0.2) is 4.39 Å². The van der Waals surface area contributed by atoms with Gasteiger partial charge in [0, 0.05) is 12.4 Å². The lowest BCUT2D eigenvalue weighted by Crippen LogP contribution is -2.04. The first-order valence-corrected chi connectivity index (χ1v) is 4.60. The van der Waals surface area contributed by atoms with E-state index in [1.165, 1.54) is 13.2 Å². The van der Waals surface area contributed by atoms with Gasteiger partial charge in [-0.3, -0.25) is 4.68 Å². The first-order chi connectivity index (χ1) is 7.31. The van der Waals surface area contributed by atoms with Crippen molar-refractivity contribution >= 4 is 0 Å². The second-order valence-electron chi connectivity index (χ2n) is 3.12. The van der Waals surface area contributed by atoms with E-state index in [-0.39, 0.29) is 5.82 Å². The summed E-state index contributed by atoms with van der Waals surface area (Å²) in [4.78, 5) is 0. The molecule has 4 heteroatoms. The van der Waals surface area contributed by atoms with E-state index in [0.29, 0.717) is 17.9 Å². The molecular weight excluding hydrogens is 195 g/mol. The molecule has 0 N–H and O–H groups in total. The van der Waals surface area contributed by atoms with Gasteiger partial charge < -0.3 is 4.74 Å². The van der Waals surface area contributed by atoms with Gasteiger partial charge in [-0.05, 0) is 18.2 Å². The van der Waals surface area contributed by atoms with E-state index in [9.17, 15) is 4.39 Å². The van der Waals surface area contributed by atoms with Crippen LogP contribution in [0.2, 0.25) is 0 Å². The standard InChI is InChI=1S/C11H11FN2O/c1-15-11-5-2-4-10(12)9(11)8-14-7-3-6-13-14/h2-7H,8H2,1H3. The fourth-order valence-corrected chi connectivity index (χ4v) is 1.44. The molecule has 2 aromatic rings. The zero-order chi connectivity index (χ0) is 10.7. The Bertz CT molecular complexity index is 440. The van der Waals surface area contributed by atoms with Gasteiger partial charge in [0.2, 0.25) is 0 Å². The normalized spacial score (nSPS) is 10.3. The van der Waals surface area contributed by atoms with E-state index in [0.717, 1.165) is 0 Å². The molecular formula is C11H11FN2O. The number of halogens is 1. The maximum atomic E-state index is 13.5. The summed E-state index contributed by atoms with van der Waals surface area (Å²) in [6, 6.07) is 6.58. The molecule has 0 aliphatic rings. The summed E-state index contributed by atoms with van der Waals surface area (Å²) in [6.07, 6.45) is 3.44. The first kappa shape index (κ1) is 9.71. The molecule has 0 aliphatic heterocycles. The largest absolute Gasteiger partial charge is 0.496 e. The molecule has 0 saturated carbocycles. The number of rotatable bonds is 3. The number of hydrogen-bond donors (Lipinski definition) is 0. The van der Waals surface area contributed by atoms with Crippen molar-refractivity contribution in [3.05, 3.63) is 48.0 Å². The summed E-state index contributed by atoms with van der Waals surface area (Å²) in [5.74, 6) is 0.273. The smallest absolute Gasteiger partial charge is 0.131 e. The maximum absolute atomic E-state index is 13.5. The molecule has 0 bridgehead atoms. The van der Waals surface area contributed by atoms with E-state index in [4.69, 9.17) is 4.74 Å². The highest BCUT2D eigenvalue weighted by Gasteiger charge is 2.09. The Labute approximate surface area is 87.1 Å². The molecule has 0 saturated heterocycles. The van der Waals surface area contributed by atoms with Crippen molar-refractivity contribution in [2.24, 2.45) is 0 Å². The monoisotopic (exact) mass is 206 g/mol. The minimum atomic E-state index is -0.273. The molecule has 0 amide bonds. The van der Waals surface area contributed by atoms with Crippen molar-refractivity contribution < 1.29 is 9.13 Å². The van der Waals surface area contributed by atoms with Crippen LogP contribution in [0.5, 0.6) is 5.75 Å². The van der Waals surface area contributed by atoms with Crippen molar-refractivity contribution in [1.29, 1.82) is 0 Å². The average Bonchev–Trinajstić information content (AvgIpc) is 2.74. The third kappa shape index (κ3) is 1.98. The Kier molecular flexibility index (Phi) is 2.67. The van der Waals surface area contributed by atoms with Crippen molar-refractivity contribution in [3.63, 3.8) is 0 Å². The zero-order valence-corrected chi connectivity index (χ0v) is 8.35. The Morgan fingerprint density at radius 1 is 1.40 bits per heavy atom. The highest BCUT2D eigenvalue weighted by molar-refractivity contribution is 5.34. The average molecular weight is 206 g/mol. The molecule has 1 aromatic heterocycles. The lowest BCUT2D eigenvalue weighted by Gasteiger charge is -2.09. The highest BCUT2D eigenvalue weighted by Crippen LogP contribution is 2.21. The molecule has 0 spiro atoms. The van der Waals surface area contributed by atoms with Crippen molar-refractivity contribution in [3.8, 4) is 5.75 Å². The lowest BCUT2D eigenvalue weighted by atomic mass is 10.2. The van der Waals surface area contributed by atoms with Crippen LogP contribution in [0.15, 0.2) is 36.7 Å². The predicted octanol–water partition coefficient (Wildman–Crippen LogP) is 2.08. The van der Waals surface area contributed by atoms with Gasteiger partial charge in [0.05, 0.1) is 19.2 Å². The highest BCUT2D eigenvalue weighted by atomic mass is 19.1. The van der Waals surface area contributed by atoms with Gasteiger partial charge in [0.15, 0.2) is 0 Å². The number of benzene rings is 1. The van der Waals surface area contributed by atoms with E-state index in [1.54, 1.807) is 35.3 Å². The number of ether oxygens (including phenoxy) is 1. The molecule has 0 aliphatic carbocycles. The van der Waals surface area contributed by atoms with Crippen molar-refractivity contribution in [2.75, 3.05) is 7.11 Å². The van der Waals surface area contributed by atoms with Crippen LogP contribution in [0.4, 0.5) is 4.39 Å². The quantitative estimate of drug-likeness (QED) is 0.768. The van der Waals surface area contributed by atoms with E-state index in [1.807, 2.05) is 0 Å². The number of hydrogen-bond acceptors (Lipinski definition) is 2. The van der Waals surface area contributed by atoms with E-state index >= 15 is 0 Å². The van der Waals surface area contributed by atoms with Crippen LogP contribution in [0.3, 0.4) is 0 Å². The summed E-state index contributed by atoms with van der Waals surface area (Å²) in [5.41, 5.74) is 0.517. The zero-order valence-electron chi connectivity index (χ0n) is 8.35. The SMILES string of the molecule is COc1cccc(F)c1Cn1cccn1. The van der Waals surface area contributed by atoms with E-state index in [2.05, 4.69) is 5.10 Å². The predicted molar refractivity (Wildman–Crippen MR) is 54.3 cm³/mol. The molecule has 78 valence electrons. The van der Waals surface area contributed by atoms with Gasteiger partial charge >= 0.3 is 0 Å². The minimum Gasteiger partial charge on any atom is -0.496 e. The third-order valence-corrected chi connectivity index (χ3v) is 2.18. The summed E-state index contributed by atoms with van der Waals surface area (Å²) in [6.45, 7) is 0.378. The van der Waals surface area contributed by atoms with Crippen LogP contribution in [0, 0.1) is 5.82 Å². The summed E-state index contributed by atoms with van der Waals surface area (Å²) < 4.78 is 20.3. The Morgan fingerprint density at radius 3 is 2.93 bits per heavy atom. The summed E-state index contributed by atoms with van der Waals surface area (Å²) in [7, 11) is 1.53. The van der Waals surface area contributed by atoms with Crippen LogP contribution in [-0.2, 0) is 6.54 Å². The molecule has 0 atom stereocenters. The molecule has 1 heterocycles. The Morgan fingerprint density at radius 2 is 2.27 bits per heavy atom. The number of nitrogens with zero attached hydrogens (tertiary/aromatic N) is 2. The Hall–Kier alpha value is -1.84. The van der Waals surface area contributed by atoms with Crippen LogP contribution in [0.1, 0.15) is 5.56 Å². The lowest BCUT2D eigenvalue weighted by molar-refractivity contribution is 0.401. The molecule has 2 rings (SSSR count). The van der Waals surface area contributed by atoms with Crippen LogP contribution >= 0.6 is 0 Å². The molecule has 0 radical (unpaired) electrons. The molecule has 1 aromatic carbocycles. The second kappa shape index (κ2) is 4.13. The van der Waals surface area contributed by atoms with Gasteiger partial charge in [-0.15, -0.1) is 0 Å². The van der Waals surface area contributed by atoms with Gasteiger partial charge in [-0.2, -0.15) is 5.10 Å². The van der Waals surface area contributed by atoms with Crippen LogP contribution in [0.25, 0.3) is 0 Å². The van der Waals surface area contributed by atoms with E-state index < -0.39 is 0 Å². The third-order valence-electron chi connectivity index (χ3n) is 2.18. The molecule has 15 heavy (non-hydrogen) atoms. The number of aromatic nitrogens is 2. The van der Waals surface area contributed by atoms with Crippen molar-refractivity contribution in [2.45, 2.75) is 6.54 Å². The topological polar surface area (TPSA) is 27.1 Å². The minimum absolute atomic E-state index is 0.273. The fourth-order valence-electron chi connectivity index (χ4n) is 1.44. The molecule has 3 nitrogen and oxygen atoms in total. The molecule has 0 unspecified atom stereocenters. The second-order valence-corrected chi connectivity index (χ2v) is 3.12. The summed E-state index contributed by atoms with van der Waals surface area (Å²) >= 11 is 0. The first-order valence-electron chi connectivity index (χ1n) is 4.60. The fraction of sp³-hybridized carbons (Fsp3) is 0.182. The van der Waals surface area contributed by atoms with Gasteiger partial charge in [0.25, 0.3) is 0 Å². The Balaban J connectivity index is 2.34.